The molecule has 6 rings (SSSR count). The molecule has 0 saturated carbocycles. The molecule has 186 valence electrons. The van der Waals surface area contributed by atoms with Gasteiger partial charge < -0.3 is 11.1 Å². The van der Waals surface area contributed by atoms with E-state index in [1.165, 1.54) is 17.7 Å². The molecule has 0 aliphatic heterocycles. The third-order valence-corrected chi connectivity index (χ3v) is 7.07. The minimum Gasteiger partial charge on any atom is -0.383 e. The number of pyridine rings is 1. The predicted molar refractivity (Wildman–Crippen MR) is 148 cm³/mol. The maximum Gasteiger partial charge on any atom is 0.259 e. The summed E-state index contributed by atoms with van der Waals surface area (Å²) in [7, 11) is 1.86. The average molecular weight is 519 g/mol. The maximum absolute atomic E-state index is 13.4. The largest absolute Gasteiger partial charge is 0.383 e. The highest BCUT2D eigenvalue weighted by Gasteiger charge is 2.23. The van der Waals surface area contributed by atoms with Gasteiger partial charge in [-0.05, 0) is 18.6 Å². The standard InChI is InChI=1S/C28H22N8OS/c1-17(33-27(37)23-25(29)31-16-36-11-10-30-26(23)36)24-21(19-6-4-3-5-7-19)12-22-20(15-38-28(22)34-24)9-8-18-13-32-35(2)14-18/h3-7,10-17H,29H2,1-2H3,(H,33,37). The summed E-state index contributed by atoms with van der Waals surface area (Å²) in [6.07, 6.45) is 8.47. The zero-order valence-corrected chi connectivity index (χ0v) is 21.4. The second-order valence-electron chi connectivity index (χ2n) is 8.80. The molecule has 1 atom stereocenters. The molecule has 10 heteroatoms. The lowest BCUT2D eigenvalue weighted by Crippen LogP contribution is -2.29. The van der Waals surface area contributed by atoms with E-state index in [0.717, 1.165) is 38.2 Å². The van der Waals surface area contributed by atoms with Gasteiger partial charge in [-0.25, -0.2) is 15.0 Å². The van der Waals surface area contributed by atoms with Crippen molar-refractivity contribution in [3.8, 4) is 23.0 Å². The van der Waals surface area contributed by atoms with E-state index in [4.69, 9.17) is 10.7 Å². The lowest BCUT2D eigenvalue weighted by atomic mass is 9.98. The van der Waals surface area contributed by atoms with Crippen molar-refractivity contribution >= 4 is 38.9 Å². The third kappa shape index (κ3) is 4.25. The molecule has 5 aromatic heterocycles. The number of carbonyl (C=O) groups is 1. The summed E-state index contributed by atoms with van der Waals surface area (Å²) in [5.74, 6) is 6.20. The Balaban J connectivity index is 1.41. The molecule has 1 unspecified atom stereocenters. The third-order valence-electron chi connectivity index (χ3n) is 6.18. The molecule has 1 aromatic carbocycles. The number of nitrogens with zero attached hydrogens (tertiary/aromatic N) is 6. The number of nitrogens with one attached hydrogen (secondary N) is 1. The second kappa shape index (κ2) is 9.46. The predicted octanol–water partition coefficient (Wildman–Crippen LogP) is 4.21. The fourth-order valence-electron chi connectivity index (χ4n) is 4.33. The van der Waals surface area contributed by atoms with Gasteiger partial charge in [0.25, 0.3) is 5.91 Å². The number of anilines is 1. The lowest BCUT2D eigenvalue weighted by molar-refractivity contribution is 0.0941. The molecular weight excluding hydrogens is 496 g/mol. The molecule has 0 aliphatic carbocycles. The Morgan fingerprint density at radius 3 is 2.82 bits per heavy atom. The van der Waals surface area contributed by atoms with Gasteiger partial charge in [0, 0.05) is 47.5 Å². The Bertz CT molecular complexity index is 1870. The number of aromatic nitrogens is 6. The minimum absolute atomic E-state index is 0.121. The molecule has 0 saturated heterocycles. The quantitative estimate of drug-likeness (QED) is 0.338. The van der Waals surface area contributed by atoms with Gasteiger partial charge in [-0.1, -0.05) is 42.2 Å². The first kappa shape index (κ1) is 23.4. The minimum atomic E-state index is -0.427. The first-order chi connectivity index (χ1) is 18.5. The molecule has 0 bridgehead atoms. The number of nitrogens with two attached hydrogens (primary N) is 1. The van der Waals surface area contributed by atoms with E-state index in [-0.39, 0.29) is 17.3 Å². The number of carbonyl (C=O) groups excluding carboxylic acids is 1. The Kier molecular flexibility index (Phi) is 5.82. The van der Waals surface area contributed by atoms with Crippen molar-refractivity contribution in [2.45, 2.75) is 13.0 Å². The molecule has 1 amide bonds. The maximum atomic E-state index is 13.4. The fourth-order valence-corrected chi connectivity index (χ4v) is 5.19. The van der Waals surface area contributed by atoms with Crippen LogP contribution in [0.5, 0.6) is 0 Å². The van der Waals surface area contributed by atoms with Crippen LogP contribution in [0.25, 0.3) is 27.0 Å². The van der Waals surface area contributed by atoms with E-state index < -0.39 is 6.04 Å². The van der Waals surface area contributed by atoms with Gasteiger partial charge in [-0.15, -0.1) is 11.3 Å². The number of rotatable bonds is 4. The van der Waals surface area contributed by atoms with Crippen LogP contribution in [-0.2, 0) is 7.05 Å². The molecule has 0 spiro atoms. The molecule has 0 aliphatic rings. The van der Waals surface area contributed by atoms with Crippen LogP contribution in [0.15, 0.2) is 72.9 Å². The van der Waals surface area contributed by atoms with E-state index in [2.05, 4.69) is 38.3 Å². The number of hydrogen-bond donors (Lipinski definition) is 2. The van der Waals surface area contributed by atoms with Crippen LogP contribution in [-0.4, -0.2) is 35.0 Å². The van der Waals surface area contributed by atoms with Crippen molar-refractivity contribution in [3.05, 3.63) is 95.3 Å². The van der Waals surface area contributed by atoms with Gasteiger partial charge in [0.2, 0.25) is 0 Å². The van der Waals surface area contributed by atoms with Crippen molar-refractivity contribution in [2.24, 2.45) is 7.05 Å². The summed E-state index contributed by atoms with van der Waals surface area (Å²) in [5.41, 5.74) is 11.1. The molecule has 0 radical (unpaired) electrons. The van der Waals surface area contributed by atoms with Crippen LogP contribution in [0.1, 0.15) is 40.1 Å². The smallest absolute Gasteiger partial charge is 0.259 e. The SMILES string of the molecule is CC(NC(=O)c1c(N)ncn2ccnc12)c1nc2scc(C#Cc3cnn(C)c3)c2cc1-c1ccccc1. The number of hydrogen-bond acceptors (Lipinski definition) is 7. The summed E-state index contributed by atoms with van der Waals surface area (Å²) in [6.45, 7) is 1.91. The van der Waals surface area contributed by atoms with E-state index in [1.807, 2.05) is 55.9 Å². The van der Waals surface area contributed by atoms with E-state index >= 15 is 0 Å². The van der Waals surface area contributed by atoms with Gasteiger partial charge in [0.05, 0.1) is 23.5 Å². The number of thiophene rings is 1. The highest BCUT2D eigenvalue weighted by atomic mass is 32.1. The van der Waals surface area contributed by atoms with Gasteiger partial charge >= 0.3 is 0 Å². The van der Waals surface area contributed by atoms with E-state index in [0.29, 0.717) is 5.65 Å². The molecule has 38 heavy (non-hydrogen) atoms. The van der Waals surface area contributed by atoms with Crippen molar-refractivity contribution in [3.63, 3.8) is 0 Å². The summed E-state index contributed by atoms with van der Waals surface area (Å²) in [4.78, 5) is 27.6. The zero-order valence-electron chi connectivity index (χ0n) is 20.6. The first-order valence-electron chi connectivity index (χ1n) is 11.8. The molecular formula is C28H22N8OS. The van der Waals surface area contributed by atoms with Crippen LogP contribution < -0.4 is 11.1 Å². The van der Waals surface area contributed by atoms with Crippen LogP contribution in [0, 0.1) is 11.8 Å². The highest BCUT2D eigenvalue weighted by molar-refractivity contribution is 7.17. The summed E-state index contributed by atoms with van der Waals surface area (Å²) >= 11 is 1.52. The molecule has 0 fully saturated rings. The summed E-state index contributed by atoms with van der Waals surface area (Å²) < 4.78 is 3.39. The number of aryl methyl sites for hydroxylation is 1. The molecule has 9 nitrogen and oxygen atoms in total. The molecule has 3 N–H and O–H groups in total. The van der Waals surface area contributed by atoms with Crippen LogP contribution in [0.2, 0.25) is 0 Å². The Hall–Kier alpha value is -5.01. The Morgan fingerprint density at radius 2 is 2.03 bits per heavy atom. The van der Waals surface area contributed by atoms with Crippen molar-refractivity contribution in [1.29, 1.82) is 0 Å². The number of nitrogen functional groups attached to an aromatic ring is 1. The first-order valence-corrected chi connectivity index (χ1v) is 12.7. The number of imidazole rings is 1. The fraction of sp³-hybridized carbons (Fsp3) is 0.107. The molecule has 5 heterocycles. The monoisotopic (exact) mass is 518 g/mol. The zero-order chi connectivity index (χ0) is 26.2. The highest BCUT2D eigenvalue weighted by Crippen LogP contribution is 2.34. The summed E-state index contributed by atoms with van der Waals surface area (Å²) in [6, 6.07) is 11.7. The number of benzene rings is 1. The second-order valence-corrected chi connectivity index (χ2v) is 9.66. The lowest BCUT2D eigenvalue weighted by Gasteiger charge is -2.18. The van der Waals surface area contributed by atoms with Gasteiger partial charge in [0.15, 0.2) is 5.65 Å². The average Bonchev–Trinajstić information content (AvgIpc) is 3.66. The van der Waals surface area contributed by atoms with Crippen LogP contribution >= 0.6 is 11.3 Å². The normalized spacial score (nSPS) is 11.8. The van der Waals surface area contributed by atoms with Gasteiger partial charge in [-0.2, -0.15) is 5.10 Å². The Labute approximate surface area is 222 Å². The molecule has 6 aromatic rings. The van der Waals surface area contributed by atoms with E-state index in [1.54, 1.807) is 27.7 Å². The summed E-state index contributed by atoms with van der Waals surface area (Å²) in [5, 5.41) is 10.2. The Morgan fingerprint density at radius 1 is 1.18 bits per heavy atom. The van der Waals surface area contributed by atoms with Crippen molar-refractivity contribution in [2.75, 3.05) is 5.73 Å². The number of fused-ring (bicyclic) bond motifs is 2. The topological polar surface area (TPSA) is 116 Å². The number of amides is 1. The van der Waals surface area contributed by atoms with Crippen molar-refractivity contribution < 1.29 is 4.79 Å². The van der Waals surface area contributed by atoms with Crippen molar-refractivity contribution in [1.82, 2.24) is 34.4 Å². The van der Waals surface area contributed by atoms with Gasteiger partial charge in [-0.3, -0.25) is 13.9 Å². The van der Waals surface area contributed by atoms with Crippen LogP contribution in [0.4, 0.5) is 5.82 Å². The van der Waals surface area contributed by atoms with Gasteiger partial charge in [0.1, 0.15) is 22.5 Å². The van der Waals surface area contributed by atoms with Crippen LogP contribution in [0.3, 0.4) is 0 Å². The van der Waals surface area contributed by atoms with E-state index in [9.17, 15) is 4.79 Å².